The van der Waals surface area contributed by atoms with Crippen LogP contribution < -0.4 is 15.1 Å². The minimum atomic E-state index is 0.205. The summed E-state index contributed by atoms with van der Waals surface area (Å²) in [7, 11) is 4.45. The van der Waals surface area contributed by atoms with Crippen LogP contribution in [0.25, 0.3) is 10.2 Å². The van der Waals surface area contributed by atoms with E-state index in [1.807, 2.05) is 11.3 Å². The lowest BCUT2D eigenvalue weighted by Gasteiger charge is -2.27. The molecule has 7 heteroatoms. The molecule has 2 aromatic rings. The maximum absolute atomic E-state index is 5.53. The molecule has 0 radical (unpaired) electrons. The van der Waals surface area contributed by atoms with E-state index in [9.17, 15) is 0 Å². The first kappa shape index (κ1) is 21.9. The fraction of sp³-hybridized carbons (Fsp3) is 0.739. The highest BCUT2D eigenvalue weighted by Crippen LogP contribution is 2.40. The van der Waals surface area contributed by atoms with Crippen LogP contribution in [-0.4, -0.2) is 63.5 Å². The Morgan fingerprint density at radius 1 is 1.23 bits per heavy atom. The third-order valence-electron chi connectivity index (χ3n) is 6.38. The van der Waals surface area contributed by atoms with Crippen molar-refractivity contribution in [1.82, 2.24) is 9.97 Å². The van der Waals surface area contributed by atoms with Gasteiger partial charge in [0.05, 0.1) is 39.2 Å². The summed E-state index contributed by atoms with van der Waals surface area (Å²) in [6, 6.07) is 0. The lowest BCUT2D eigenvalue weighted by molar-refractivity contribution is -0.922. The molecule has 0 bridgehead atoms. The summed E-state index contributed by atoms with van der Waals surface area (Å²) in [6.07, 6.45) is 3.62. The summed E-state index contributed by atoms with van der Waals surface area (Å²) >= 11 is 1.91. The Hall–Kier alpha value is -1.28. The summed E-state index contributed by atoms with van der Waals surface area (Å²) in [5.41, 5.74) is 1.72. The van der Waals surface area contributed by atoms with E-state index in [1.54, 1.807) is 0 Å². The number of aryl methyl sites for hydroxylation is 1. The van der Waals surface area contributed by atoms with E-state index in [0.717, 1.165) is 69.9 Å². The second-order valence-electron chi connectivity index (χ2n) is 10.5. The van der Waals surface area contributed by atoms with Gasteiger partial charge in [-0.2, -0.15) is 0 Å². The van der Waals surface area contributed by atoms with Crippen LogP contribution in [0.3, 0.4) is 0 Å². The predicted octanol–water partition coefficient (Wildman–Crippen LogP) is 0.814. The maximum atomic E-state index is 5.53. The van der Waals surface area contributed by atoms with Crippen molar-refractivity contribution in [2.45, 2.75) is 46.6 Å². The van der Waals surface area contributed by atoms with Gasteiger partial charge < -0.3 is 19.9 Å². The van der Waals surface area contributed by atoms with E-state index in [2.05, 4.69) is 40.2 Å². The van der Waals surface area contributed by atoms with Crippen molar-refractivity contribution in [2.24, 2.45) is 11.3 Å². The normalized spacial score (nSPS) is 20.7. The molecular formula is C23H39N5OS+2. The zero-order valence-electron chi connectivity index (χ0n) is 19.4. The predicted molar refractivity (Wildman–Crippen MR) is 124 cm³/mol. The molecule has 2 aromatic heterocycles. The number of hydrogen-bond acceptors (Lipinski definition) is 5. The van der Waals surface area contributed by atoms with Crippen LogP contribution in [0.5, 0.6) is 0 Å². The van der Waals surface area contributed by atoms with Gasteiger partial charge in [0.25, 0.3) is 0 Å². The summed E-state index contributed by atoms with van der Waals surface area (Å²) < 4.78 is 5.53. The molecule has 1 atom stereocenters. The number of morpholine rings is 1. The van der Waals surface area contributed by atoms with Crippen molar-refractivity contribution < 1.29 is 14.5 Å². The number of nitrogens with zero attached hydrogens (tertiary/aromatic N) is 2. The summed E-state index contributed by atoms with van der Waals surface area (Å²) in [5, 5.41) is 5.07. The smallest absolute Gasteiger partial charge is 0.187 e. The molecular weight excluding hydrogens is 394 g/mol. The van der Waals surface area contributed by atoms with Crippen molar-refractivity contribution in [3.05, 3.63) is 16.3 Å². The quantitative estimate of drug-likeness (QED) is 0.605. The first-order valence-electron chi connectivity index (χ1n) is 11.6. The number of nitrogens with one attached hydrogen (secondary N) is 3. The first-order chi connectivity index (χ1) is 14.3. The number of ether oxygens (including phenoxy) is 1. The number of quaternary nitrogens is 2. The fourth-order valence-corrected chi connectivity index (χ4v) is 6.40. The average Bonchev–Trinajstić information content (AvgIpc) is 3.03. The Morgan fingerprint density at radius 2 is 2.00 bits per heavy atom. The van der Waals surface area contributed by atoms with Gasteiger partial charge in [0, 0.05) is 16.8 Å². The molecule has 0 saturated carbocycles. The number of hydrogen-bond donors (Lipinski definition) is 3. The molecule has 4 rings (SSSR count). The summed E-state index contributed by atoms with van der Waals surface area (Å²) in [6.45, 7) is 13.8. The molecule has 6 nitrogen and oxygen atoms in total. The molecule has 2 aliphatic rings. The van der Waals surface area contributed by atoms with Crippen molar-refractivity contribution in [3.63, 3.8) is 0 Å². The minimum Gasteiger partial charge on any atom is -0.370 e. The van der Waals surface area contributed by atoms with E-state index in [4.69, 9.17) is 14.7 Å². The molecule has 0 aromatic carbocycles. The molecule has 0 amide bonds. The lowest BCUT2D eigenvalue weighted by atomic mass is 9.89. The molecule has 1 fully saturated rings. The van der Waals surface area contributed by atoms with E-state index >= 15 is 0 Å². The van der Waals surface area contributed by atoms with Crippen LogP contribution in [0.2, 0.25) is 0 Å². The Morgan fingerprint density at radius 3 is 2.73 bits per heavy atom. The zero-order valence-corrected chi connectivity index (χ0v) is 20.2. The minimum absolute atomic E-state index is 0.205. The van der Waals surface area contributed by atoms with E-state index in [-0.39, 0.29) is 5.41 Å². The van der Waals surface area contributed by atoms with Crippen molar-refractivity contribution >= 4 is 27.4 Å². The van der Waals surface area contributed by atoms with Crippen LogP contribution >= 0.6 is 11.3 Å². The zero-order chi connectivity index (χ0) is 21.3. The molecule has 3 heterocycles. The van der Waals surface area contributed by atoms with Crippen molar-refractivity contribution in [1.29, 1.82) is 0 Å². The maximum Gasteiger partial charge on any atom is 0.187 e. The molecule has 3 N–H and O–H groups in total. The van der Waals surface area contributed by atoms with Crippen LogP contribution in [0.1, 0.15) is 43.5 Å². The SMILES string of the molecule is C[C@@H]1CCc2c(sc3nc(C[NH+]4CCOCC4)nc(NCC(C)(C)C[NH+](C)C)c23)C1. The Labute approximate surface area is 185 Å². The third-order valence-corrected chi connectivity index (χ3v) is 7.52. The lowest BCUT2D eigenvalue weighted by Crippen LogP contribution is -3.12. The fourth-order valence-electron chi connectivity index (χ4n) is 5.00. The van der Waals surface area contributed by atoms with Gasteiger partial charge >= 0.3 is 0 Å². The molecule has 0 spiro atoms. The van der Waals surface area contributed by atoms with E-state index in [1.165, 1.54) is 43.3 Å². The first-order valence-corrected chi connectivity index (χ1v) is 12.4. The van der Waals surface area contributed by atoms with Gasteiger partial charge in [-0.1, -0.05) is 20.8 Å². The van der Waals surface area contributed by atoms with E-state index < -0.39 is 0 Å². The van der Waals surface area contributed by atoms with Crippen molar-refractivity contribution in [2.75, 3.05) is 58.8 Å². The van der Waals surface area contributed by atoms with E-state index in [0.29, 0.717) is 0 Å². The molecule has 1 aliphatic heterocycles. The molecule has 1 aliphatic carbocycles. The van der Waals surface area contributed by atoms with Gasteiger partial charge in [-0.05, 0) is 30.7 Å². The number of fused-ring (bicyclic) bond motifs is 3. The van der Waals surface area contributed by atoms with Gasteiger partial charge in [0.2, 0.25) is 0 Å². The largest absolute Gasteiger partial charge is 0.370 e. The van der Waals surface area contributed by atoms with Crippen LogP contribution in [-0.2, 0) is 24.1 Å². The van der Waals surface area contributed by atoms with Crippen LogP contribution in [0.4, 0.5) is 5.82 Å². The molecule has 0 unspecified atom stereocenters. The molecule has 1 saturated heterocycles. The topological polar surface area (TPSA) is 55.9 Å². The number of rotatable bonds is 7. The molecule has 30 heavy (non-hydrogen) atoms. The number of thiophene rings is 1. The Kier molecular flexibility index (Phi) is 6.63. The van der Waals surface area contributed by atoms with Gasteiger partial charge in [0.15, 0.2) is 5.82 Å². The van der Waals surface area contributed by atoms with Gasteiger partial charge in [0.1, 0.15) is 30.3 Å². The molecule has 166 valence electrons. The second kappa shape index (κ2) is 9.07. The van der Waals surface area contributed by atoms with Gasteiger partial charge in [-0.25, -0.2) is 9.97 Å². The monoisotopic (exact) mass is 433 g/mol. The highest BCUT2D eigenvalue weighted by atomic mass is 32.1. The van der Waals surface area contributed by atoms with Crippen LogP contribution in [0, 0.1) is 11.3 Å². The second-order valence-corrected chi connectivity index (χ2v) is 11.5. The highest BCUT2D eigenvalue weighted by Gasteiger charge is 2.27. The highest BCUT2D eigenvalue weighted by molar-refractivity contribution is 7.19. The summed E-state index contributed by atoms with van der Waals surface area (Å²) in [5.74, 6) is 2.82. The summed E-state index contributed by atoms with van der Waals surface area (Å²) in [4.78, 5) is 15.9. The van der Waals surface area contributed by atoms with Gasteiger partial charge in [-0.3, -0.25) is 0 Å². The number of aromatic nitrogens is 2. The van der Waals surface area contributed by atoms with Crippen LogP contribution in [0.15, 0.2) is 0 Å². The standard InChI is InChI=1S/C23H37N5OS/c1-16-6-7-17-18(12-16)30-22-20(17)21(24-14-23(2,3)15-27(4)5)25-19(26-22)13-28-8-10-29-11-9-28/h16H,6-15H2,1-5H3,(H,24,25,26)/p+2/t16-/m1/s1. The van der Waals surface area contributed by atoms with Gasteiger partial charge in [-0.15, -0.1) is 11.3 Å². The van der Waals surface area contributed by atoms with Crippen molar-refractivity contribution in [3.8, 4) is 0 Å². The number of anilines is 1. The Bertz CT molecular complexity index is 872. The average molecular weight is 434 g/mol. The Balaban J connectivity index is 1.65. The third kappa shape index (κ3) is 5.13.